The van der Waals surface area contributed by atoms with Crippen molar-refractivity contribution in [2.75, 3.05) is 6.61 Å². The zero-order valence-electron chi connectivity index (χ0n) is 9.95. The van der Waals surface area contributed by atoms with E-state index < -0.39 is 0 Å². The average Bonchev–Trinajstić information content (AvgIpc) is 2.28. The molecule has 0 saturated heterocycles. The van der Waals surface area contributed by atoms with Crippen molar-refractivity contribution in [2.45, 2.75) is 26.7 Å². The number of ether oxygens (including phenoxy) is 1. The summed E-state index contributed by atoms with van der Waals surface area (Å²) in [6.45, 7) is 8.28. The van der Waals surface area contributed by atoms with Crippen molar-refractivity contribution in [3.05, 3.63) is 42.0 Å². The molecule has 86 valence electrons. The number of hydrogen-bond acceptors (Lipinski definition) is 2. The van der Waals surface area contributed by atoms with Crippen LogP contribution in [0.15, 0.2) is 36.4 Å². The molecule has 0 aliphatic heterocycles. The summed E-state index contributed by atoms with van der Waals surface area (Å²) in [5.74, 6) is 0.961. The monoisotopic (exact) mass is 218 g/mol. The molecule has 1 aromatic carbocycles. The molecule has 0 radical (unpaired) electrons. The molecule has 0 bridgehead atoms. The summed E-state index contributed by atoms with van der Waals surface area (Å²) in [7, 11) is 0. The predicted octanol–water partition coefficient (Wildman–Crippen LogP) is 3.62. The van der Waals surface area contributed by atoms with Crippen molar-refractivity contribution in [1.29, 1.82) is 0 Å². The van der Waals surface area contributed by atoms with Crippen LogP contribution >= 0.6 is 0 Å². The Morgan fingerprint density at radius 1 is 1.31 bits per heavy atom. The Balaban J connectivity index is 2.51. The summed E-state index contributed by atoms with van der Waals surface area (Å²) < 4.78 is 5.51. The lowest BCUT2D eigenvalue weighted by molar-refractivity contribution is 0.0988. The standard InChI is InChI=1S/C14H18O2/c1-4-14(15)12-5-7-13(8-6-12)16-10-9-11(2)3/h5-8H,2,4,9-10H2,1,3H3. The van der Waals surface area contributed by atoms with E-state index in [0.717, 1.165) is 23.3 Å². The van der Waals surface area contributed by atoms with Crippen LogP contribution in [0.25, 0.3) is 0 Å². The van der Waals surface area contributed by atoms with E-state index in [1.807, 2.05) is 38.1 Å². The Bertz CT molecular complexity index is 363. The average molecular weight is 218 g/mol. The summed E-state index contributed by atoms with van der Waals surface area (Å²) in [5, 5.41) is 0. The van der Waals surface area contributed by atoms with Crippen LogP contribution in [0, 0.1) is 0 Å². The highest BCUT2D eigenvalue weighted by molar-refractivity contribution is 5.95. The molecule has 0 heterocycles. The van der Waals surface area contributed by atoms with Crippen LogP contribution < -0.4 is 4.74 Å². The minimum atomic E-state index is 0.161. The molecule has 0 unspecified atom stereocenters. The van der Waals surface area contributed by atoms with Gasteiger partial charge in [-0.3, -0.25) is 4.79 Å². The van der Waals surface area contributed by atoms with E-state index >= 15 is 0 Å². The van der Waals surface area contributed by atoms with Gasteiger partial charge >= 0.3 is 0 Å². The summed E-state index contributed by atoms with van der Waals surface area (Å²) in [4.78, 5) is 11.4. The molecule has 0 atom stereocenters. The van der Waals surface area contributed by atoms with Gasteiger partial charge in [0.2, 0.25) is 0 Å². The Kier molecular flexibility index (Phi) is 4.77. The van der Waals surface area contributed by atoms with Gasteiger partial charge in [0, 0.05) is 18.4 Å². The first-order valence-corrected chi connectivity index (χ1v) is 5.54. The number of rotatable bonds is 6. The molecule has 0 amide bonds. The van der Waals surface area contributed by atoms with E-state index in [0.29, 0.717) is 13.0 Å². The third-order valence-corrected chi connectivity index (χ3v) is 2.29. The van der Waals surface area contributed by atoms with Gasteiger partial charge in [0.05, 0.1) is 6.61 Å². The third-order valence-electron chi connectivity index (χ3n) is 2.29. The maximum Gasteiger partial charge on any atom is 0.162 e. The lowest BCUT2D eigenvalue weighted by Gasteiger charge is -2.06. The van der Waals surface area contributed by atoms with E-state index in [9.17, 15) is 4.79 Å². The second-order valence-corrected chi connectivity index (χ2v) is 3.86. The Labute approximate surface area is 96.9 Å². The molecule has 0 N–H and O–H groups in total. The largest absolute Gasteiger partial charge is 0.493 e. The molecule has 2 nitrogen and oxygen atoms in total. The molecule has 0 fully saturated rings. The second kappa shape index (κ2) is 6.11. The van der Waals surface area contributed by atoms with Gasteiger partial charge in [-0.15, -0.1) is 6.58 Å². The van der Waals surface area contributed by atoms with Gasteiger partial charge in [0.15, 0.2) is 5.78 Å². The van der Waals surface area contributed by atoms with Crippen molar-refractivity contribution >= 4 is 5.78 Å². The van der Waals surface area contributed by atoms with Gasteiger partial charge in [-0.1, -0.05) is 12.5 Å². The van der Waals surface area contributed by atoms with Gasteiger partial charge in [-0.25, -0.2) is 0 Å². The van der Waals surface area contributed by atoms with Crippen LogP contribution in [0.4, 0.5) is 0 Å². The first-order chi connectivity index (χ1) is 7.63. The van der Waals surface area contributed by atoms with Gasteiger partial charge in [0.25, 0.3) is 0 Å². The predicted molar refractivity (Wildman–Crippen MR) is 66.0 cm³/mol. The molecule has 1 aromatic rings. The number of Topliss-reactive ketones (excluding diaryl/α,β-unsaturated/α-hetero) is 1. The van der Waals surface area contributed by atoms with E-state index in [1.54, 1.807) is 0 Å². The summed E-state index contributed by atoms with van der Waals surface area (Å²) >= 11 is 0. The topological polar surface area (TPSA) is 26.3 Å². The van der Waals surface area contributed by atoms with Crippen LogP contribution in [-0.4, -0.2) is 12.4 Å². The van der Waals surface area contributed by atoms with Crippen LogP contribution in [0.2, 0.25) is 0 Å². The number of ketones is 1. The Morgan fingerprint density at radius 3 is 2.44 bits per heavy atom. The van der Waals surface area contributed by atoms with E-state index in [1.165, 1.54) is 0 Å². The van der Waals surface area contributed by atoms with Gasteiger partial charge in [-0.2, -0.15) is 0 Å². The summed E-state index contributed by atoms with van der Waals surface area (Å²) in [5.41, 5.74) is 1.85. The van der Waals surface area contributed by atoms with Crippen LogP contribution in [-0.2, 0) is 0 Å². The lowest BCUT2D eigenvalue weighted by Crippen LogP contribution is -1.99. The fraction of sp³-hybridized carbons (Fsp3) is 0.357. The van der Waals surface area contributed by atoms with E-state index in [2.05, 4.69) is 6.58 Å². The Hall–Kier alpha value is -1.57. The minimum absolute atomic E-state index is 0.161. The summed E-state index contributed by atoms with van der Waals surface area (Å²) in [6, 6.07) is 7.28. The van der Waals surface area contributed by atoms with Crippen LogP contribution in [0.3, 0.4) is 0 Å². The lowest BCUT2D eigenvalue weighted by atomic mass is 10.1. The maximum atomic E-state index is 11.4. The molecule has 2 heteroatoms. The molecular weight excluding hydrogens is 200 g/mol. The van der Waals surface area contributed by atoms with Crippen molar-refractivity contribution in [3.8, 4) is 5.75 Å². The highest BCUT2D eigenvalue weighted by Crippen LogP contribution is 2.14. The van der Waals surface area contributed by atoms with Gasteiger partial charge in [0.1, 0.15) is 5.75 Å². The van der Waals surface area contributed by atoms with Crippen molar-refractivity contribution in [1.82, 2.24) is 0 Å². The van der Waals surface area contributed by atoms with Crippen molar-refractivity contribution in [2.24, 2.45) is 0 Å². The SMILES string of the molecule is C=C(C)CCOc1ccc(C(=O)CC)cc1. The smallest absolute Gasteiger partial charge is 0.162 e. The fourth-order valence-corrected chi connectivity index (χ4v) is 1.28. The maximum absolute atomic E-state index is 11.4. The zero-order valence-corrected chi connectivity index (χ0v) is 9.95. The van der Waals surface area contributed by atoms with Crippen LogP contribution in [0.5, 0.6) is 5.75 Å². The highest BCUT2D eigenvalue weighted by Gasteiger charge is 2.02. The molecule has 0 aliphatic rings. The Morgan fingerprint density at radius 2 is 1.94 bits per heavy atom. The van der Waals surface area contributed by atoms with Crippen molar-refractivity contribution in [3.63, 3.8) is 0 Å². The third kappa shape index (κ3) is 3.89. The summed E-state index contributed by atoms with van der Waals surface area (Å²) in [6.07, 6.45) is 1.39. The number of benzene rings is 1. The minimum Gasteiger partial charge on any atom is -0.493 e. The molecule has 0 aliphatic carbocycles. The van der Waals surface area contributed by atoms with Crippen LogP contribution in [0.1, 0.15) is 37.0 Å². The van der Waals surface area contributed by atoms with Gasteiger partial charge in [-0.05, 0) is 31.2 Å². The van der Waals surface area contributed by atoms with E-state index in [-0.39, 0.29) is 5.78 Å². The highest BCUT2D eigenvalue weighted by atomic mass is 16.5. The molecular formula is C14H18O2. The molecule has 16 heavy (non-hydrogen) atoms. The van der Waals surface area contributed by atoms with Gasteiger partial charge < -0.3 is 4.74 Å². The number of carbonyl (C=O) groups excluding carboxylic acids is 1. The number of carbonyl (C=O) groups is 1. The molecule has 0 saturated carbocycles. The first-order valence-electron chi connectivity index (χ1n) is 5.54. The molecule has 0 spiro atoms. The molecule has 1 rings (SSSR count). The zero-order chi connectivity index (χ0) is 12.0. The molecule has 0 aromatic heterocycles. The fourth-order valence-electron chi connectivity index (χ4n) is 1.28. The normalized spacial score (nSPS) is 9.88. The first kappa shape index (κ1) is 12.5. The quantitative estimate of drug-likeness (QED) is 0.538. The van der Waals surface area contributed by atoms with Crippen molar-refractivity contribution < 1.29 is 9.53 Å². The second-order valence-electron chi connectivity index (χ2n) is 3.86. The number of hydrogen-bond donors (Lipinski definition) is 0. The van der Waals surface area contributed by atoms with E-state index in [4.69, 9.17) is 4.74 Å².